The molecule has 0 unspecified atom stereocenters. The number of fused-ring (bicyclic) bond motifs is 1. The highest BCUT2D eigenvalue weighted by Gasteiger charge is 2.27. The Morgan fingerprint density at radius 3 is 2.45 bits per heavy atom. The van der Waals surface area contributed by atoms with Crippen LogP contribution in [-0.4, -0.2) is 34.5 Å². The summed E-state index contributed by atoms with van der Waals surface area (Å²) in [5, 5.41) is -0.288. The Balaban J connectivity index is 1.51. The van der Waals surface area contributed by atoms with Crippen LogP contribution in [0.2, 0.25) is 0 Å². The number of Topliss-reactive ketones (excluding diaryl/α,β-unsaturated/α-hetero) is 1. The van der Waals surface area contributed by atoms with Gasteiger partial charge in [0.1, 0.15) is 17.4 Å². The number of hydrogen-bond acceptors (Lipinski definition) is 5. The number of carbonyl (C=O) groups excluding carboxylic acids is 1. The molecule has 0 amide bonds. The second kappa shape index (κ2) is 10.2. The van der Waals surface area contributed by atoms with E-state index in [0.29, 0.717) is 28.5 Å². The first-order chi connectivity index (χ1) is 18.2. The van der Waals surface area contributed by atoms with Crippen LogP contribution in [0.4, 0.5) is 13.2 Å². The molecule has 3 aromatic heterocycles. The maximum absolute atomic E-state index is 14.9. The molecule has 38 heavy (non-hydrogen) atoms. The third kappa shape index (κ3) is 5.35. The van der Waals surface area contributed by atoms with Gasteiger partial charge in [-0.05, 0) is 47.0 Å². The fourth-order valence-electron chi connectivity index (χ4n) is 4.35. The van der Waals surface area contributed by atoms with Crippen molar-refractivity contribution in [2.24, 2.45) is 0 Å². The van der Waals surface area contributed by atoms with Crippen LogP contribution in [0.5, 0.6) is 0 Å². The van der Waals surface area contributed by atoms with Crippen molar-refractivity contribution < 1.29 is 26.4 Å². The van der Waals surface area contributed by atoms with Gasteiger partial charge < -0.3 is 4.57 Å². The van der Waals surface area contributed by atoms with Crippen LogP contribution in [-0.2, 0) is 27.6 Å². The minimum absolute atomic E-state index is 0.0265. The number of rotatable bonds is 8. The molecule has 0 atom stereocenters. The highest BCUT2D eigenvalue weighted by atomic mass is 32.2. The highest BCUT2D eigenvalue weighted by Crippen LogP contribution is 2.31. The predicted octanol–water partition coefficient (Wildman–Crippen LogP) is 5.15. The minimum Gasteiger partial charge on any atom is -0.342 e. The van der Waals surface area contributed by atoms with E-state index < -0.39 is 43.9 Å². The maximum atomic E-state index is 14.9. The summed E-state index contributed by atoms with van der Waals surface area (Å²) < 4.78 is 70.7. The summed E-state index contributed by atoms with van der Waals surface area (Å²) in [6, 6.07) is 16.6. The molecule has 2 aromatic carbocycles. The quantitative estimate of drug-likeness (QED) is 0.257. The predicted molar refractivity (Wildman–Crippen MR) is 136 cm³/mol. The molecular formula is C28H20F3N3O3S. The highest BCUT2D eigenvalue weighted by molar-refractivity contribution is 7.92. The molecule has 0 aliphatic heterocycles. The van der Waals surface area contributed by atoms with Crippen LogP contribution < -0.4 is 0 Å². The number of benzene rings is 2. The molecule has 5 rings (SSSR count). The lowest BCUT2D eigenvalue weighted by Crippen LogP contribution is -2.18. The molecule has 3 heterocycles. The molecule has 192 valence electrons. The molecule has 0 aliphatic rings. The van der Waals surface area contributed by atoms with E-state index in [1.807, 2.05) is 0 Å². The normalized spacial score (nSPS) is 11.7. The molecule has 0 fully saturated rings. The number of halogens is 3. The Hall–Kier alpha value is -4.31. The first-order valence-corrected chi connectivity index (χ1v) is 13.2. The smallest absolute Gasteiger partial charge is 0.213 e. The van der Waals surface area contributed by atoms with Gasteiger partial charge in [0.05, 0.1) is 15.8 Å². The van der Waals surface area contributed by atoms with Gasteiger partial charge in [-0.15, -0.1) is 0 Å². The largest absolute Gasteiger partial charge is 0.342 e. The number of nitrogens with zero attached hydrogens (tertiary/aromatic N) is 3. The molecule has 5 aromatic rings. The summed E-state index contributed by atoms with van der Waals surface area (Å²) in [5.74, 6) is -4.02. The van der Waals surface area contributed by atoms with Crippen LogP contribution in [0, 0.1) is 17.6 Å². The van der Waals surface area contributed by atoms with Crippen molar-refractivity contribution in [3.05, 3.63) is 114 Å². The Labute approximate surface area is 216 Å². The van der Waals surface area contributed by atoms with Crippen LogP contribution in [0.1, 0.15) is 11.3 Å². The molecule has 0 aliphatic carbocycles. The summed E-state index contributed by atoms with van der Waals surface area (Å²) in [6.07, 6.45) is 3.86. The Morgan fingerprint density at radius 1 is 0.868 bits per heavy atom. The van der Waals surface area contributed by atoms with E-state index in [4.69, 9.17) is 0 Å². The third-order valence-corrected chi connectivity index (χ3v) is 7.68. The van der Waals surface area contributed by atoms with Gasteiger partial charge in [-0.3, -0.25) is 9.78 Å². The molecule has 0 N–H and O–H groups in total. The Bertz CT molecular complexity index is 1770. The van der Waals surface area contributed by atoms with Crippen molar-refractivity contribution in [1.29, 1.82) is 0 Å². The van der Waals surface area contributed by atoms with Crippen LogP contribution >= 0.6 is 0 Å². The molecule has 0 bridgehead atoms. The van der Waals surface area contributed by atoms with Crippen molar-refractivity contribution in [1.82, 2.24) is 14.5 Å². The van der Waals surface area contributed by atoms with Crippen molar-refractivity contribution in [2.45, 2.75) is 17.9 Å². The van der Waals surface area contributed by atoms with Gasteiger partial charge in [0.2, 0.25) is 5.95 Å². The van der Waals surface area contributed by atoms with Gasteiger partial charge in [-0.1, -0.05) is 24.3 Å². The SMILES string of the molecule is O=C(Cc1ccccn1)CS(=O)(=O)c1cn(Cc2cccc(-c3ccnc(F)c3)c2)c2cc(F)cc(F)c12. The van der Waals surface area contributed by atoms with Gasteiger partial charge in [0, 0.05) is 49.4 Å². The van der Waals surface area contributed by atoms with E-state index in [9.17, 15) is 26.4 Å². The average Bonchev–Trinajstić information content (AvgIpc) is 3.24. The van der Waals surface area contributed by atoms with E-state index in [-0.39, 0.29) is 23.9 Å². The summed E-state index contributed by atoms with van der Waals surface area (Å²) in [7, 11) is -4.28. The number of ketones is 1. The minimum atomic E-state index is -4.28. The zero-order valence-corrected chi connectivity index (χ0v) is 20.6. The second-order valence-electron chi connectivity index (χ2n) is 8.77. The lowest BCUT2D eigenvalue weighted by atomic mass is 10.0. The number of hydrogen-bond donors (Lipinski definition) is 0. The van der Waals surface area contributed by atoms with E-state index >= 15 is 0 Å². The fourth-order valence-corrected chi connectivity index (χ4v) is 5.83. The van der Waals surface area contributed by atoms with E-state index in [1.54, 1.807) is 48.5 Å². The van der Waals surface area contributed by atoms with Crippen LogP contribution in [0.3, 0.4) is 0 Å². The first-order valence-electron chi connectivity index (χ1n) is 11.5. The standard InChI is InChI=1S/C28H20F3N3O3S/c29-21-12-24(30)28-25(13-21)34(15-18-4-3-5-19(10-18)20-7-9-33-27(31)11-20)16-26(28)38(36,37)17-23(35)14-22-6-1-2-8-32-22/h1-13,16H,14-15,17H2. The van der Waals surface area contributed by atoms with E-state index in [2.05, 4.69) is 9.97 Å². The molecular weight excluding hydrogens is 515 g/mol. The number of carbonyl (C=O) groups is 1. The lowest BCUT2D eigenvalue weighted by Gasteiger charge is -2.08. The average molecular weight is 536 g/mol. The van der Waals surface area contributed by atoms with Gasteiger partial charge in [0.25, 0.3) is 0 Å². The maximum Gasteiger partial charge on any atom is 0.213 e. The molecule has 0 radical (unpaired) electrons. The zero-order valence-electron chi connectivity index (χ0n) is 19.8. The molecule has 10 heteroatoms. The van der Waals surface area contributed by atoms with Crippen molar-refractivity contribution in [3.8, 4) is 11.1 Å². The van der Waals surface area contributed by atoms with Crippen molar-refractivity contribution in [2.75, 3.05) is 5.75 Å². The fraction of sp³-hybridized carbons (Fsp3) is 0.107. The summed E-state index contributed by atoms with van der Waals surface area (Å²) in [4.78, 5) is 19.7. The topological polar surface area (TPSA) is 81.9 Å². The zero-order chi connectivity index (χ0) is 26.9. The molecule has 0 saturated heterocycles. The van der Waals surface area contributed by atoms with Crippen molar-refractivity contribution in [3.63, 3.8) is 0 Å². The molecule has 0 saturated carbocycles. The Morgan fingerprint density at radius 2 is 1.68 bits per heavy atom. The van der Waals surface area contributed by atoms with Crippen molar-refractivity contribution >= 4 is 26.5 Å². The molecule has 0 spiro atoms. The van der Waals surface area contributed by atoms with E-state index in [0.717, 1.165) is 6.07 Å². The van der Waals surface area contributed by atoms with Gasteiger partial charge >= 0.3 is 0 Å². The monoisotopic (exact) mass is 535 g/mol. The Kier molecular flexibility index (Phi) is 6.81. The number of sulfone groups is 1. The second-order valence-corrected chi connectivity index (χ2v) is 10.7. The van der Waals surface area contributed by atoms with Crippen LogP contribution in [0.25, 0.3) is 22.0 Å². The third-order valence-electron chi connectivity index (χ3n) is 5.99. The molecule has 6 nitrogen and oxygen atoms in total. The first kappa shape index (κ1) is 25.3. The number of pyridine rings is 2. The van der Waals surface area contributed by atoms with Crippen LogP contribution in [0.15, 0.2) is 90.2 Å². The summed E-state index contributed by atoms with van der Waals surface area (Å²) in [6.45, 7) is 0.0677. The van der Waals surface area contributed by atoms with E-state index in [1.165, 1.54) is 29.2 Å². The van der Waals surface area contributed by atoms with Gasteiger partial charge in [-0.25, -0.2) is 22.2 Å². The summed E-state index contributed by atoms with van der Waals surface area (Å²) in [5.41, 5.74) is 2.39. The lowest BCUT2D eigenvalue weighted by molar-refractivity contribution is -0.116. The van der Waals surface area contributed by atoms with Gasteiger partial charge in [-0.2, -0.15) is 4.39 Å². The number of aromatic nitrogens is 3. The summed E-state index contributed by atoms with van der Waals surface area (Å²) >= 11 is 0. The van der Waals surface area contributed by atoms with Gasteiger partial charge in [0.15, 0.2) is 15.6 Å².